The molecule has 3 aromatic carbocycles. The third kappa shape index (κ3) is 3.93. The van der Waals surface area contributed by atoms with Gasteiger partial charge in [-0.05, 0) is 48.9 Å². The van der Waals surface area contributed by atoms with E-state index in [-0.39, 0.29) is 5.91 Å². The van der Waals surface area contributed by atoms with Crippen LogP contribution in [0.4, 0.5) is 5.69 Å². The van der Waals surface area contributed by atoms with E-state index < -0.39 is 0 Å². The lowest BCUT2D eigenvalue weighted by molar-refractivity contribution is 0.102. The van der Waals surface area contributed by atoms with Crippen molar-refractivity contribution in [2.75, 3.05) is 12.4 Å². The molecule has 4 nitrogen and oxygen atoms in total. The first-order valence-corrected chi connectivity index (χ1v) is 9.54. The normalized spacial score (nSPS) is 10.7. The molecule has 0 saturated carbocycles. The maximum Gasteiger partial charge on any atom is 0.256 e. The lowest BCUT2D eigenvalue weighted by Gasteiger charge is -2.13. The van der Waals surface area contributed by atoms with Crippen LogP contribution in [0.3, 0.4) is 0 Å². The maximum absolute atomic E-state index is 13.2. The van der Waals surface area contributed by atoms with Gasteiger partial charge in [0.15, 0.2) is 0 Å². The second-order valence-electron chi connectivity index (χ2n) is 6.74. The van der Waals surface area contributed by atoms with Crippen LogP contribution in [0.1, 0.15) is 15.9 Å². The quantitative estimate of drug-likeness (QED) is 0.447. The minimum atomic E-state index is -0.220. The Morgan fingerprint density at radius 1 is 1.00 bits per heavy atom. The van der Waals surface area contributed by atoms with Gasteiger partial charge in [-0.1, -0.05) is 48.0 Å². The molecule has 1 amide bonds. The van der Waals surface area contributed by atoms with E-state index in [1.807, 2.05) is 79.7 Å². The van der Waals surface area contributed by atoms with E-state index in [1.54, 1.807) is 7.11 Å². The average Bonchev–Trinajstić information content (AvgIpc) is 2.73. The maximum atomic E-state index is 13.2. The fourth-order valence-corrected chi connectivity index (χ4v) is 3.37. The van der Waals surface area contributed by atoms with Gasteiger partial charge in [-0.15, -0.1) is 0 Å². The molecule has 0 aliphatic rings. The van der Waals surface area contributed by atoms with E-state index in [2.05, 4.69) is 5.32 Å². The standard InChI is InChI=1S/C24H19ClN2O2/c1-15-7-12-23(29-2)22(13-15)27-24(28)19-14-21(16-8-10-17(25)11-9-16)26-20-6-4-3-5-18(19)20/h3-14H,1-2H3,(H,27,28). The summed E-state index contributed by atoms with van der Waals surface area (Å²) in [5.74, 6) is 0.392. The van der Waals surface area contributed by atoms with Crippen LogP contribution in [0.2, 0.25) is 5.02 Å². The summed E-state index contributed by atoms with van der Waals surface area (Å²) in [5, 5.41) is 4.42. The number of pyridine rings is 1. The smallest absolute Gasteiger partial charge is 0.256 e. The number of fused-ring (bicyclic) bond motifs is 1. The van der Waals surface area contributed by atoms with Gasteiger partial charge in [-0.25, -0.2) is 4.98 Å². The Morgan fingerprint density at radius 2 is 1.76 bits per heavy atom. The number of carbonyl (C=O) groups excluding carboxylic acids is 1. The highest BCUT2D eigenvalue weighted by molar-refractivity contribution is 6.30. The molecule has 0 spiro atoms. The number of aryl methyl sites for hydroxylation is 1. The van der Waals surface area contributed by atoms with Crippen molar-refractivity contribution in [2.24, 2.45) is 0 Å². The second-order valence-corrected chi connectivity index (χ2v) is 7.17. The number of halogens is 1. The van der Waals surface area contributed by atoms with Gasteiger partial charge in [0.2, 0.25) is 0 Å². The molecule has 4 rings (SSSR count). The number of carbonyl (C=O) groups is 1. The molecule has 4 aromatic rings. The van der Waals surface area contributed by atoms with E-state index in [0.717, 1.165) is 22.0 Å². The first kappa shape index (κ1) is 19.0. The number of nitrogens with zero attached hydrogens (tertiary/aromatic N) is 1. The molecule has 0 radical (unpaired) electrons. The summed E-state index contributed by atoms with van der Waals surface area (Å²) >= 11 is 6.01. The highest BCUT2D eigenvalue weighted by Gasteiger charge is 2.16. The van der Waals surface area contributed by atoms with Gasteiger partial charge in [-0.2, -0.15) is 0 Å². The van der Waals surface area contributed by atoms with Gasteiger partial charge < -0.3 is 10.1 Å². The summed E-state index contributed by atoms with van der Waals surface area (Å²) in [5.41, 5.74) is 4.56. The number of ether oxygens (including phenoxy) is 1. The molecule has 1 heterocycles. The molecule has 0 saturated heterocycles. The van der Waals surface area contributed by atoms with Crippen LogP contribution in [-0.2, 0) is 0 Å². The third-order valence-electron chi connectivity index (χ3n) is 4.70. The number of amides is 1. The van der Waals surface area contributed by atoms with E-state index >= 15 is 0 Å². The molecule has 0 atom stereocenters. The van der Waals surface area contributed by atoms with Gasteiger partial charge in [0.05, 0.1) is 29.6 Å². The molecule has 0 aliphatic carbocycles. The molecule has 5 heteroatoms. The van der Waals surface area contributed by atoms with Gasteiger partial charge in [0, 0.05) is 16.0 Å². The predicted octanol–water partition coefficient (Wildman–Crippen LogP) is 6.12. The Hall–Kier alpha value is -3.37. The van der Waals surface area contributed by atoms with Gasteiger partial charge in [0.1, 0.15) is 5.75 Å². The fraction of sp³-hybridized carbons (Fsp3) is 0.0833. The summed E-state index contributed by atoms with van der Waals surface area (Å²) in [6.07, 6.45) is 0. The molecule has 0 bridgehead atoms. The van der Waals surface area contributed by atoms with Gasteiger partial charge in [0.25, 0.3) is 5.91 Å². The number of benzene rings is 3. The number of anilines is 1. The van der Waals surface area contributed by atoms with Crippen molar-refractivity contribution in [1.29, 1.82) is 0 Å². The Bertz CT molecular complexity index is 1200. The lowest BCUT2D eigenvalue weighted by atomic mass is 10.0. The van der Waals surface area contributed by atoms with Crippen molar-refractivity contribution in [3.05, 3.63) is 88.9 Å². The van der Waals surface area contributed by atoms with Crippen LogP contribution in [0, 0.1) is 6.92 Å². The molecular weight excluding hydrogens is 384 g/mol. The third-order valence-corrected chi connectivity index (χ3v) is 4.96. The van der Waals surface area contributed by atoms with Crippen LogP contribution in [0.15, 0.2) is 72.8 Å². The van der Waals surface area contributed by atoms with Crippen molar-refractivity contribution >= 4 is 34.1 Å². The van der Waals surface area contributed by atoms with Crippen molar-refractivity contribution in [1.82, 2.24) is 4.98 Å². The Kier molecular flexibility index (Phi) is 5.19. The molecule has 0 fully saturated rings. The zero-order valence-electron chi connectivity index (χ0n) is 16.1. The van der Waals surface area contributed by atoms with Crippen LogP contribution in [0.25, 0.3) is 22.2 Å². The zero-order valence-corrected chi connectivity index (χ0v) is 16.8. The number of nitrogens with one attached hydrogen (secondary N) is 1. The summed E-state index contributed by atoms with van der Waals surface area (Å²) < 4.78 is 5.39. The van der Waals surface area contributed by atoms with E-state index in [9.17, 15) is 4.79 Å². The van der Waals surface area contributed by atoms with Crippen molar-refractivity contribution < 1.29 is 9.53 Å². The number of hydrogen-bond donors (Lipinski definition) is 1. The Morgan fingerprint density at radius 3 is 2.52 bits per heavy atom. The number of methoxy groups -OCH3 is 1. The minimum Gasteiger partial charge on any atom is -0.495 e. The molecule has 1 aromatic heterocycles. The first-order chi connectivity index (χ1) is 14.0. The Balaban J connectivity index is 1.81. The largest absolute Gasteiger partial charge is 0.495 e. The highest BCUT2D eigenvalue weighted by Crippen LogP contribution is 2.29. The zero-order chi connectivity index (χ0) is 20.4. The summed E-state index contributed by atoms with van der Waals surface area (Å²) in [4.78, 5) is 18.0. The molecular formula is C24H19ClN2O2. The number of para-hydroxylation sites is 1. The van der Waals surface area contributed by atoms with Gasteiger partial charge >= 0.3 is 0 Å². The number of aromatic nitrogens is 1. The number of hydrogen-bond acceptors (Lipinski definition) is 3. The number of rotatable bonds is 4. The van der Waals surface area contributed by atoms with Crippen LogP contribution < -0.4 is 10.1 Å². The van der Waals surface area contributed by atoms with Crippen molar-refractivity contribution in [2.45, 2.75) is 6.92 Å². The topological polar surface area (TPSA) is 51.2 Å². The SMILES string of the molecule is COc1ccc(C)cc1NC(=O)c1cc(-c2ccc(Cl)cc2)nc2ccccc12. The lowest BCUT2D eigenvalue weighted by Crippen LogP contribution is -2.14. The molecule has 1 N–H and O–H groups in total. The molecule has 144 valence electrons. The van der Waals surface area contributed by atoms with E-state index in [0.29, 0.717) is 27.7 Å². The molecule has 29 heavy (non-hydrogen) atoms. The first-order valence-electron chi connectivity index (χ1n) is 9.17. The van der Waals surface area contributed by atoms with Crippen LogP contribution in [0.5, 0.6) is 5.75 Å². The Labute approximate surface area is 174 Å². The predicted molar refractivity (Wildman–Crippen MR) is 118 cm³/mol. The summed E-state index contributed by atoms with van der Waals surface area (Å²) in [6, 6.07) is 22.5. The minimum absolute atomic E-state index is 0.220. The van der Waals surface area contributed by atoms with Gasteiger partial charge in [-0.3, -0.25) is 4.79 Å². The van der Waals surface area contributed by atoms with E-state index in [1.165, 1.54) is 0 Å². The summed E-state index contributed by atoms with van der Waals surface area (Å²) in [6.45, 7) is 1.97. The molecule has 0 unspecified atom stereocenters. The highest BCUT2D eigenvalue weighted by atomic mass is 35.5. The van der Waals surface area contributed by atoms with Crippen molar-refractivity contribution in [3.8, 4) is 17.0 Å². The second kappa shape index (κ2) is 7.94. The van der Waals surface area contributed by atoms with Crippen LogP contribution >= 0.6 is 11.6 Å². The van der Waals surface area contributed by atoms with Crippen molar-refractivity contribution in [3.63, 3.8) is 0 Å². The summed E-state index contributed by atoms with van der Waals surface area (Å²) in [7, 11) is 1.58. The molecule has 0 aliphatic heterocycles. The van der Waals surface area contributed by atoms with Crippen LogP contribution in [-0.4, -0.2) is 18.0 Å². The fourth-order valence-electron chi connectivity index (χ4n) is 3.24. The van der Waals surface area contributed by atoms with E-state index in [4.69, 9.17) is 21.3 Å². The monoisotopic (exact) mass is 402 g/mol. The average molecular weight is 403 g/mol.